The predicted molar refractivity (Wildman–Crippen MR) is 87.4 cm³/mol. The van der Waals surface area contributed by atoms with Gasteiger partial charge in [0.2, 0.25) is 5.91 Å². The number of aromatic nitrogens is 2. The van der Waals surface area contributed by atoms with Gasteiger partial charge < -0.3 is 20.3 Å². The van der Waals surface area contributed by atoms with Crippen molar-refractivity contribution in [2.45, 2.75) is 26.0 Å². The van der Waals surface area contributed by atoms with Crippen LogP contribution >= 0.6 is 0 Å². The van der Waals surface area contributed by atoms with Gasteiger partial charge in [-0.3, -0.25) is 9.59 Å². The summed E-state index contributed by atoms with van der Waals surface area (Å²) in [6.45, 7) is 5.03. The third kappa shape index (κ3) is 4.52. The number of hydrogen-bond donors (Lipinski definition) is 1. The van der Waals surface area contributed by atoms with E-state index < -0.39 is 0 Å². The first-order valence-electron chi connectivity index (χ1n) is 7.93. The number of nitrogens with zero attached hydrogens (tertiary/aromatic N) is 4. The topological polar surface area (TPSA) is 93.7 Å². The van der Waals surface area contributed by atoms with E-state index in [1.54, 1.807) is 18.1 Å². The van der Waals surface area contributed by atoms with Crippen LogP contribution in [0.1, 0.15) is 13.3 Å². The van der Waals surface area contributed by atoms with Crippen LogP contribution in [0.5, 0.6) is 0 Å². The maximum absolute atomic E-state index is 12.2. The Hall–Kier alpha value is -1.93. The van der Waals surface area contributed by atoms with E-state index in [2.05, 4.69) is 10.00 Å². The summed E-state index contributed by atoms with van der Waals surface area (Å²) < 4.78 is 6.83. The van der Waals surface area contributed by atoms with Crippen molar-refractivity contribution >= 4 is 11.6 Å². The molecule has 0 saturated carbocycles. The Balaban J connectivity index is 2.07. The molecule has 2 N–H and O–H groups in total. The Morgan fingerprint density at radius 3 is 3.00 bits per heavy atom. The van der Waals surface area contributed by atoms with Crippen LogP contribution in [0.2, 0.25) is 0 Å². The van der Waals surface area contributed by atoms with Gasteiger partial charge in [0.05, 0.1) is 24.6 Å². The van der Waals surface area contributed by atoms with Crippen molar-refractivity contribution in [2.75, 3.05) is 44.7 Å². The number of anilines is 1. The Labute approximate surface area is 135 Å². The molecule has 0 aliphatic carbocycles. The number of morpholine rings is 1. The van der Waals surface area contributed by atoms with Gasteiger partial charge in [-0.15, -0.1) is 0 Å². The quantitative estimate of drug-likeness (QED) is 0.742. The van der Waals surface area contributed by atoms with Crippen molar-refractivity contribution in [3.8, 4) is 0 Å². The highest BCUT2D eigenvalue weighted by Gasteiger charge is 2.21. The molecule has 128 valence electrons. The Bertz CT molecular complexity index is 587. The summed E-state index contributed by atoms with van der Waals surface area (Å²) >= 11 is 0. The molecule has 0 aromatic carbocycles. The standard InChI is InChI=1S/C15H25N5O3/c1-3-18(2)15(22)11-20-14(21)8-12(9-17-20)19-6-7-23-13(10-19)4-5-16/h8-9,13H,3-7,10-11,16H2,1-2H3/t13-/m1/s1. The number of hydrogen-bond acceptors (Lipinski definition) is 6. The highest BCUT2D eigenvalue weighted by Crippen LogP contribution is 2.16. The molecule has 1 aromatic heterocycles. The van der Waals surface area contributed by atoms with Crippen molar-refractivity contribution in [3.05, 3.63) is 22.6 Å². The zero-order chi connectivity index (χ0) is 16.8. The van der Waals surface area contributed by atoms with Crippen LogP contribution in [0.4, 0.5) is 5.69 Å². The van der Waals surface area contributed by atoms with Crippen molar-refractivity contribution in [3.63, 3.8) is 0 Å². The average Bonchev–Trinajstić information content (AvgIpc) is 2.56. The lowest BCUT2D eigenvalue weighted by Gasteiger charge is -2.34. The molecule has 1 saturated heterocycles. The fourth-order valence-corrected chi connectivity index (χ4v) is 2.46. The molecule has 0 spiro atoms. The molecule has 23 heavy (non-hydrogen) atoms. The van der Waals surface area contributed by atoms with Crippen LogP contribution in [-0.4, -0.2) is 66.5 Å². The summed E-state index contributed by atoms with van der Waals surface area (Å²) in [5, 5.41) is 4.13. The molecule has 1 aliphatic rings. The zero-order valence-corrected chi connectivity index (χ0v) is 13.8. The van der Waals surface area contributed by atoms with Crippen LogP contribution in [-0.2, 0) is 16.1 Å². The largest absolute Gasteiger partial charge is 0.374 e. The second kappa shape index (κ2) is 8.07. The van der Waals surface area contributed by atoms with E-state index in [1.165, 1.54) is 10.7 Å². The lowest BCUT2D eigenvalue weighted by Crippen LogP contribution is -2.44. The number of rotatable bonds is 6. The molecule has 1 amide bonds. The van der Waals surface area contributed by atoms with E-state index in [0.29, 0.717) is 32.8 Å². The van der Waals surface area contributed by atoms with Gasteiger partial charge in [-0.25, -0.2) is 4.68 Å². The smallest absolute Gasteiger partial charge is 0.269 e. The molecule has 0 unspecified atom stereocenters. The predicted octanol–water partition coefficient (Wildman–Crippen LogP) is -0.724. The van der Waals surface area contributed by atoms with E-state index in [0.717, 1.165) is 12.1 Å². The third-order valence-electron chi connectivity index (χ3n) is 4.03. The van der Waals surface area contributed by atoms with Gasteiger partial charge in [0, 0.05) is 32.7 Å². The van der Waals surface area contributed by atoms with Gasteiger partial charge in [-0.05, 0) is 19.9 Å². The van der Waals surface area contributed by atoms with Crippen LogP contribution in [0.15, 0.2) is 17.1 Å². The summed E-state index contributed by atoms with van der Waals surface area (Å²) in [7, 11) is 1.70. The van der Waals surface area contributed by atoms with Gasteiger partial charge in [0.25, 0.3) is 5.56 Å². The minimum Gasteiger partial charge on any atom is -0.374 e. The fraction of sp³-hybridized carbons (Fsp3) is 0.667. The summed E-state index contributed by atoms with van der Waals surface area (Å²) in [6, 6.07) is 1.52. The molecule has 8 nitrogen and oxygen atoms in total. The van der Waals surface area contributed by atoms with Crippen LogP contribution in [0, 0.1) is 0 Å². The number of carbonyl (C=O) groups excluding carboxylic acids is 1. The van der Waals surface area contributed by atoms with E-state index in [9.17, 15) is 9.59 Å². The van der Waals surface area contributed by atoms with Crippen LogP contribution in [0.3, 0.4) is 0 Å². The third-order valence-corrected chi connectivity index (χ3v) is 4.03. The number of carbonyl (C=O) groups is 1. The Morgan fingerprint density at radius 2 is 2.35 bits per heavy atom. The maximum Gasteiger partial charge on any atom is 0.269 e. The molecule has 1 aliphatic heterocycles. The molecule has 1 atom stereocenters. The Kier molecular flexibility index (Phi) is 6.12. The summed E-state index contributed by atoms with van der Waals surface area (Å²) in [4.78, 5) is 27.7. The molecular formula is C15H25N5O3. The van der Waals surface area contributed by atoms with E-state index >= 15 is 0 Å². The number of likely N-dealkylation sites (N-methyl/N-ethyl adjacent to an activating group) is 1. The number of ether oxygens (including phenoxy) is 1. The Morgan fingerprint density at radius 1 is 1.57 bits per heavy atom. The summed E-state index contributed by atoms with van der Waals surface area (Å²) in [5.74, 6) is -0.135. The van der Waals surface area contributed by atoms with Crippen LogP contribution < -0.4 is 16.2 Å². The highest BCUT2D eigenvalue weighted by atomic mass is 16.5. The second-order valence-corrected chi connectivity index (χ2v) is 5.63. The minimum absolute atomic E-state index is 0.0393. The lowest BCUT2D eigenvalue weighted by molar-refractivity contribution is -0.130. The average molecular weight is 323 g/mol. The lowest BCUT2D eigenvalue weighted by atomic mass is 10.2. The normalized spacial score (nSPS) is 18.0. The first-order valence-corrected chi connectivity index (χ1v) is 7.93. The SMILES string of the molecule is CCN(C)C(=O)Cn1ncc(N2CCO[C@H](CCN)C2)cc1=O. The number of nitrogens with two attached hydrogens (primary N) is 1. The van der Waals surface area contributed by atoms with Crippen molar-refractivity contribution in [1.82, 2.24) is 14.7 Å². The van der Waals surface area contributed by atoms with E-state index in [1.807, 2.05) is 6.92 Å². The molecule has 0 bridgehead atoms. The molecule has 2 heterocycles. The first-order chi connectivity index (χ1) is 11.0. The molecule has 1 fully saturated rings. The summed E-state index contributed by atoms with van der Waals surface area (Å²) in [5.41, 5.74) is 6.05. The zero-order valence-electron chi connectivity index (χ0n) is 13.8. The van der Waals surface area contributed by atoms with Crippen molar-refractivity contribution in [1.29, 1.82) is 0 Å². The monoisotopic (exact) mass is 323 g/mol. The summed E-state index contributed by atoms with van der Waals surface area (Å²) in [6.07, 6.45) is 2.50. The van der Waals surface area contributed by atoms with Crippen LogP contribution in [0.25, 0.3) is 0 Å². The first kappa shape index (κ1) is 17.4. The van der Waals surface area contributed by atoms with Gasteiger partial charge in [-0.2, -0.15) is 5.10 Å². The molecule has 1 aromatic rings. The highest BCUT2D eigenvalue weighted by molar-refractivity contribution is 5.75. The van der Waals surface area contributed by atoms with E-state index in [4.69, 9.17) is 10.5 Å². The molecular weight excluding hydrogens is 298 g/mol. The van der Waals surface area contributed by atoms with Crippen molar-refractivity contribution in [2.24, 2.45) is 5.73 Å². The van der Waals surface area contributed by atoms with Crippen molar-refractivity contribution < 1.29 is 9.53 Å². The molecule has 8 heteroatoms. The van der Waals surface area contributed by atoms with Gasteiger partial charge in [0.15, 0.2) is 0 Å². The van der Waals surface area contributed by atoms with Gasteiger partial charge in [-0.1, -0.05) is 0 Å². The van der Waals surface area contributed by atoms with Gasteiger partial charge >= 0.3 is 0 Å². The fourth-order valence-electron chi connectivity index (χ4n) is 2.46. The van der Waals surface area contributed by atoms with E-state index in [-0.39, 0.29) is 24.1 Å². The van der Waals surface area contributed by atoms with Gasteiger partial charge in [0.1, 0.15) is 6.54 Å². The molecule has 0 radical (unpaired) electrons. The molecule has 2 rings (SSSR count). The minimum atomic E-state index is -0.276. The second-order valence-electron chi connectivity index (χ2n) is 5.63. The maximum atomic E-state index is 12.2. The number of amides is 1.